The van der Waals surface area contributed by atoms with E-state index in [1.807, 2.05) is 12.1 Å². The average molecular weight is 489 g/mol. The zero-order valence-corrected chi connectivity index (χ0v) is 19.8. The Labute approximate surface area is 203 Å². The molecule has 0 saturated heterocycles. The molecule has 0 N–H and O–H groups in total. The molecule has 0 aliphatic heterocycles. The number of pyridine rings is 1. The number of methoxy groups -OCH3 is 1. The van der Waals surface area contributed by atoms with Crippen molar-refractivity contribution >= 4 is 9.84 Å². The fourth-order valence-corrected chi connectivity index (χ4v) is 4.25. The Bertz CT molecular complexity index is 1510. The Balaban J connectivity index is 1.92. The maximum atomic E-state index is 13.7. The first-order chi connectivity index (χ1) is 16.8. The van der Waals surface area contributed by atoms with Gasteiger partial charge in [-0.3, -0.25) is 4.98 Å². The fourth-order valence-electron chi connectivity index (χ4n) is 3.59. The second-order valence-corrected chi connectivity index (χ2v) is 9.85. The lowest BCUT2D eigenvalue weighted by Crippen LogP contribution is -2.03. The zero-order valence-electron chi connectivity index (χ0n) is 19.0. The lowest BCUT2D eigenvalue weighted by atomic mass is 9.94. The predicted octanol–water partition coefficient (Wildman–Crippen LogP) is 5.42. The van der Waals surface area contributed by atoms with Gasteiger partial charge in [0.25, 0.3) is 0 Å². The van der Waals surface area contributed by atoms with Crippen LogP contribution < -0.4 is 9.47 Å². The molecule has 0 saturated carbocycles. The van der Waals surface area contributed by atoms with E-state index >= 15 is 0 Å². The number of aromatic nitrogens is 1. The minimum absolute atomic E-state index is 0.0507. The van der Waals surface area contributed by atoms with Crippen molar-refractivity contribution in [2.24, 2.45) is 0 Å². The first kappa shape index (κ1) is 23.9. The number of nitriles is 1. The minimum atomic E-state index is -3.61. The Morgan fingerprint density at radius 3 is 2.31 bits per heavy atom. The van der Waals surface area contributed by atoms with Crippen LogP contribution in [-0.2, 0) is 16.4 Å². The van der Waals surface area contributed by atoms with E-state index in [4.69, 9.17) is 9.47 Å². The number of sulfone groups is 1. The summed E-state index contributed by atoms with van der Waals surface area (Å²) in [5, 5.41) is 9.39. The van der Waals surface area contributed by atoms with Crippen LogP contribution in [0.3, 0.4) is 0 Å². The molecule has 0 amide bonds. The van der Waals surface area contributed by atoms with Gasteiger partial charge in [-0.1, -0.05) is 24.3 Å². The van der Waals surface area contributed by atoms with Gasteiger partial charge < -0.3 is 9.47 Å². The normalized spacial score (nSPS) is 11.0. The number of hydrogen-bond donors (Lipinski definition) is 0. The summed E-state index contributed by atoms with van der Waals surface area (Å²) in [5.41, 5.74) is 3.38. The number of halogens is 1. The molecule has 1 heterocycles. The van der Waals surface area contributed by atoms with E-state index in [2.05, 4.69) is 11.1 Å². The monoisotopic (exact) mass is 488 g/mol. The Kier molecular flexibility index (Phi) is 6.80. The molecule has 0 fully saturated rings. The molecular weight excluding hydrogens is 467 g/mol. The fraction of sp³-hybridized carbons (Fsp3) is 0.111. The third-order valence-corrected chi connectivity index (χ3v) is 6.46. The van der Waals surface area contributed by atoms with E-state index in [9.17, 15) is 18.1 Å². The standard InChI is InChI=1S/C27H21FN2O4S/c1-33-23-9-3-18(4-10-23)17-34-26-13-24(35(2,31)32)12-25(20-5-7-22(28)8-6-20)27(26)21-11-19(14-29)15-30-16-21/h3-13,15-16H,17H2,1-2H3. The van der Waals surface area contributed by atoms with Crippen molar-refractivity contribution in [3.8, 4) is 39.8 Å². The van der Waals surface area contributed by atoms with Gasteiger partial charge in [0.15, 0.2) is 9.84 Å². The van der Waals surface area contributed by atoms with Crippen LogP contribution in [-0.4, -0.2) is 26.8 Å². The highest BCUT2D eigenvalue weighted by atomic mass is 32.2. The summed E-state index contributed by atoms with van der Waals surface area (Å²) in [5.74, 6) is 0.574. The summed E-state index contributed by atoms with van der Waals surface area (Å²) >= 11 is 0. The molecule has 3 aromatic carbocycles. The number of rotatable bonds is 7. The van der Waals surface area contributed by atoms with Crippen LogP contribution in [0.2, 0.25) is 0 Å². The molecule has 0 atom stereocenters. The maximum absolute atomic E-state index is 13.7. The molecule has 0 spiro atoms. The van der Waals surface area contributed by atoms with Gasteiger partial charge in [0.1, 0.15) is 30.0 Å². The molecule has 0 aliphatic rings. The molecule has 4 aromatic rings. The van der Waals surface area contributed by atoms with Gasteiger partial charge in [0, 0.05) is 29.8 Å². The summed E-state index contributed by atoms with van der Waals surface area (Å²) in [4.78, 5) is 4.21. The second-order valence-electron chi connectivity index (χ2n) is 7.83. The summed E-state index contributed by atoms with van der Waals surface area (Å²) in [7, 11) is -2.03. The topological polar surface area (TPSA) is 89.3 Å². The van der Waals surface area contributed by atoms with E-state index in [-0.39, 0.29) is 11.5 Å². The van der Waals surface area contributed by atoms with E-state index in [1.54, 1.807) is 43.6 Å². The van der Waals surface area contributed by atoms with Gasteiger partial charge in [-0.2, -0.15) is 5.26 Å². The number of nitrogens with zero attached hydrogens (tertiary/aromatic N) is 2. The van der Waals surface area contributed by atoms with Crippen molar-refractivity contribution in [3.05, 3.63) is 96.1 Å². The number of ether oxygens (including phenoxy) is 2. The molecule has 0 radical (unpaired) electrons. The molecule has 35 heavy (non-hydrogen) atoms. The molecule has 0 unspecified atom stereocenters. The van der Waals surface area contributed by atoms with E-state index in [0.717, 1.165) is 11.8 Å². The molecule has 8 heteroatoms. The average Bonchev–Trinajstić information content (AvgIpc) is 2.87. The van der Waals surface area contributed by atoms with Crippen LogP contribution in [0, 0.1) is 17.1 Å². The first-order valence-electron chi connectivity index (χ1n) is 10.5. The third-order valence-electron chi connectivity index (χ3n) is 5.37. The summed E-state index contributed by atoms with van der Waals surface area (Å²) in [6, 6.07) is 19.7. The minimum Gasteiger partial charge on any atom is -0.497 e. The van der Waals surface area contributed by atoms with Crippen molar-refractivity contribution in [1.29, 1.82) is 5.26 Å². The molecule has 0 aliphatic carbocycles. The molecule has 1 aromatic heterocycles. The lowest BCUT2D eigenvalue weighted by Gasteiger charge is -2.18. The zero-order chi connectivity index (χ0) is 25.0. The van der Waals surface area contributed by atoms with Crippen LogP contribution in [0.4, 0.5) is 4.39 Å². The highest BCUT2D eigenvalue weighted by Gasteiger charge is 2.21. The molecule has 6 nitrogen and oxygen atoms in total. The van der Waals surface area contributed by atoms with E-state index in [1.165, 1.54) is 30.5 Å². The van der Waals surface area contributed by atoms with Gasteiger partial charge in [0.05, 0.1) is 17.6 Å². The van der Waals surface area contributed by atoms with Crippen LogP contribution in [0.1, 0.15) is 11.1 Å². The highest BCUT2D eigenvalue weighted by Crippen LogP contribution is 2.42. The summed E-state index contributed by atoms with van der Waals surface area (Å²) in [6.07, 6.45) is 4.12. The van der Waals surface area contributed by atoms with Crippen LogP contribution in [0.5, 0.6) is 11.5 Å². The molecule has 4 rings (SSSR count). The van der Waals surface area contributed by atoms with Crippen molar-refractivity contribution in [3.63, 3.8) is 0 Å². The van der Waals surface area contributed by atoms with Gasteiger partial charge >= 0.3 is 0 Å². The maximum Gasteiger partial charge on any atom is 0.175 e. The largest absolute Gasteiger partial charge is 0.497 e. The molecule has 176 valence electrons. The first-order valence-corrected chi connectivity index (χ1v) is 12.4. The van der Waals surface area contributed by atoms with Gasteiger partial charge in [-0.15, -0.1) is 0 Å². The Morgan fingerprint density at radius 1 is 0.971 bits per heavy atom. The van der Waals surface area contributed by atoms with Gasteiger partial charge in [-0.25, -0.2) is 12.8 Å². The summed E-state index contributed by atoms with van der Waals surface area (Å²) < 4.78 is 50.1. The van der Waals surface area contributed by atoms with Crippen LogP contribution >= 0.6 is 0 Å². The van der Waals surface area contributed by atoms with Crippen LogP contribution in [0.15, 0.2) is 84.0 Å². The Morgan fingerprint density at radius 2 is 1.69 bits per heavy atom. The smallest absolute Gasteiger partial charge is 0.175 e. The van der Waals surface area contributed by atoms with E-state index < -0.39 is 15.7 Å². The number of hydrogen-bond acceptors (Lipinski definition) is 6. The highest BCUT2D eigenvalue weighted by molar-refractivity contribution is 7.90. The second kappa shape index (κ2) is 9.95. The third kappa shape index (κ3) is 5.48. The van der Waals surface area contributed by atoms with Crippen molar-refractivity contribution in [2.75, 3.05) is 13.4 Å². The van der Waals surface area contributed by atoms with Crippen LogP contribution in [0.25, 0.3) is 22.3 Å². The predicted molar refractivity (Wildman–Crippen MR) is 130 cm³/mol. The number of benzene rings is 3. The van der Waals surface area contributed by atoms with E-state index in [0.29, 0.717) is 39.3 Å². The Hall–Kier alpha value is -4.22. The summed E-state index contributed by atoms with van der Waals surface area (Å²) in [6.45, 7) is 0.151. The molecule has 0 bridgehead atoms. The molecular formula is C27H21FN2O4S. The SMILES string of the molecule is COc1ccc(COc2cc(S(C)(=O)=O)cc(-c3ccc(F)cc3)c2-c2cncc(C#N)c2)cc1. The van der Waals surface area contributed by atoms with Crippen molar-refractivity contribution in [2.45, 2.75) is 11.5 Å². The van der Waals surface area contributed by atoms with Crippen molar-refractivity contribution in [1.82, 2.24) is 4.98 Å². The van der Waals surface area contributed by atoms with Gasteiger partial charge in [-0.05, 0) is 59.2 Å². The lowest BCUT2D eigenvalue weighted by molar-refractivity contribution is 0.306. The van der Waals surface area contributed by atoms with Gasteiger partial charge in [0.2, 0.25) is 0 Å². The van der Waals surface area contributed by atoms with Crippen molar-refractivity contribution < 1.29 is 22.3 Å². The quantitative estimate of drug-likeness (QED) is 0.345.